The average Bonchev–Trinajstić information content (AvgIpc) is 3.05. The lowest BCUT2D eigenvalue weighted by molar-refractivity contribution is 0.186. The van der Waals surface area contributed by atoms with E-state index in [1.165, 1.54) is 6.42 Å². The van der Waals surface area contributed by atoms with Crippen molar-refractivity contribution in [1.29, 1.82) is 0 Å². The zero-order chi connectivity index (χ0) is 14.4. The number of para-hydroxylation sites is 1. The molecule has 0 bridgehead atoms. The zero-order valence-electron chi connectivity index (χ0n) is 11.9. The highest BCUT2D eigenvalue weighted by atomic mass is 16.4. The predicted octanol–water partition coefficient (Wildman–Crippen LogP) is 4.03. The van der Waals surface area contributed by atoms with E-state index in [1.54, 1.807) is 6.20 Å². The molecule has 0 aliphatic heterocycles. The minimum atomic E-state index is -0.759. The Morgan fingerprint density at radius 1 is 1.24 bits per heavy atom. The summed E-state index contributed by atoms with van der Waals surface area (Å²) in [4.78, 5) is 4.39. The molecule has 3 unspecified atom stereocenters. The van der Waals surface area contributed by atoms with Gasteiger partial charge in [0.2, 0.25) is 0 Å². The highest BCUT2D eigenvalue weighted by Gasteiger charge is 2.37. The van der Waals surface area contributed by atoms with E-state index < -0.39 is 6.10 Å². The van der Waals surface area contributed by atoms with Crippen LogP contribution in [0, 0.1) is 5.92 Å². The molecule has 4 rings (SSSR count). The van der Waals surface area contributed by atoms with Crippen LogP contribution in [0.4, 0.5) is 0 Å². The molecule has 3 aromatic rings. The standard InChI is InChI=1S/C18H17NO2/c1-11-8-14(11)16-6-7-17(21-16)18(20)13-9-12-4-2-3-5-15(12)19-10-13/h2-7,9-11,14,18,20H,8H2,1H3. The van der Waals surface area contributed by atoms with Gasteiger partial charge in [-0.25, -0.2) is 0 Å². The van der Waals surface area contributed by atoms with Crippen LogP contribution in [0.1, 0.15) is 42.5 Å². The van der Waals surface area contributed by atoms with Crippen LogP contribution in [0.5, 0.6) is 0 Å². The van der Waals surface area contributed by atoms with E-state index >= 15 is 0 Å². The van der Waals surface area contributed by atoms with Crippen molar-refractivity contribution in [2.75, 3.05) is 0 Å². The molecule has 2 aromatic heterocycles. The Bertz CT molecular complexity index is 793. The molecule has 21 heavy (non-hydrogen) atoms. The first kappa shape index (κ1) is 12.6. The van der Waals surface area contributed by atoms with Gasteiger partial charge >= 0.3 is 0 Å². The first-order chi connectivity index (χ1) is 10.2. The van der Waals surface area contributed by atoms with Gasteiger partial charge in [0.1, 0.15) is 17.6 Å². The van der Waals surface area contributed by atoms with Crippen molar-refractivity contribution in [2.24, 2.45) is 5.92 Å². The van der Waals surface area contributed by atoms with Gasteiger partial charge in [-0.2, -0.15) is 0 Å². The second-order valence-electron chi connectivity index (χ2n) is 5.92. The fourth-order valence-electron chi connectivity index (χ4n) is 2.84. The number of benzene rings is 1. The Morgan fingerprint density at radius 2 is 2.05 bits per heavy atom. The van der Waals surface area contributed by atoms with Gasteiger partial charge < -0.3 is 9.52 Å². The van der Waals surface area contributed by atoms with Crippen LogP contribution in [0.3, 0.4) is 0 Å². The molecule has 0 amide bonds. The van der Waals surface area contributed by atoms with Crippen molar-refractivity contribution >= 4 is 10.9 Å². The molecule has 1 saturated carbocycles. The monoisotopic (exact) mass is 279 g/mol. The van der Waals surface area contributed by atoms with E-state index in [9.17, 15) is 5.11 Å². The lowest BCUT2D eigenvalue weighted by atomic mass is 10.1. The average molecular weight is 279 g/mol. The summed E-state index contributed by atoms with van der Waals surface area (Å²) in [6.45, 7) is 2.22. The number of fused-ring (bicyclic) bond motifs is 1. The minimum absolute atomic E-state index is 0.528. The van der Waals surface area contributed by atoms with Gasteiger partial charge in [0.25, 0.3) is 0 Å². The summed E-state index contributed by atoms with van der Waals surface area (Å²) in [7, 11) is 0. The number of furan rings is 1. The van der Waals surface area contributed by atoms with E-state index in [4.69, 9.17) is 4.42 Å². The third-order valence-electron chi connectivity index (χ3n) is 4.32. The molecule has 1 fully saturated rings. The third-order valence-corrected chi connectivity index (χ3v) is 4.32. The summed E-state index contributed by atoms with van der Waals surface area (Å²) < 4.78 is 5.83. The summed E-state index contributed by atoms with van der Waals surface area (Å²) in [5.74, 6) is 2.82. The number of aliphatic hydroxyl groups excluding tert-OH is 1. The van der Waals surface area contributed by atoms with Crippen LogP contribution in [-0.2, 0) is 0 Å². The normalized spacial score (nSPS) is 22.4. The molecule has 2 heterocycles. The van der Waals surface area contributed by atoms with E-state index in [1.807, 2.05) is 42.5 Å². The van der Waals surface area contributed by atoms with Crippen molar-refractivity contribution in [1.82, 2.24) is 4.98 Å². The summed E-state index contributed by atoms with van der Waals surface area (Å²) in [6, 6.07) is 13.7. The molecule has 1 N–H and O–H groups in total. The second-order valence-corrected chi connectivity index (χ2v) is 5.92. The minimum Gasteiger partial charge on any atom is -0.463 e. The molecular formula is C18H17NO2. The first-order valence-corrected chi connectivity index (χ1v) is 7.35. The molecule has 1 aromatic carbocycles. The van der Waals surface area contributed by atoms with Crippen molar-refractivity contribution in [3.8, 4) is 0 Å². The lowest BCUT2D eigenvalue weighted by Gasteiger charge is -2.09. The Morgan fingerprint density at radius 3 is 2.86 bits per heavy atom. The van der Waals surface area contributed by atoms with Crippen LogP contribution in [0.15, 0.2) is 53.1 Å². The number of aromatic nitrogens is 1. The summed E-state index contributed by atoms with van der Waals surface area (Å²) in [6.07, 6.45) is 2.14. The molecule has 3 atom stereocenters. The van der Waals surface area contributed by atoms with Crippen molar-refractivity contribution in [2.45, 2.75) is 25.4 Å². The number of rotatable bonds is 3. The number of nitrogens with zero attached hydrogens (tertiary/aromatic N) is 1. The van der Waals surface area contributed by atoms with Crippen LogP contribution < -0.4 is 0 Å². The SMILES string of the molecule is CC1CC1c1ccc(C(O)c2cnc3ccccc3c2)o1. The predicted molar refractivity (Wildman–Crippen MR) is 81.0 cm³/mol. The maximum atomic E-state index is 10.5. The number of aliphatic hydroxyl groups is 1. The topological polar surface area (TPSA) is 46.3 Å². The van der Waals surface area contributed by atoms with E-state index in [-0.39, 0.29) is 0 Å². The van der Waals surface area contributed by atoms with Crippen LogP contribution in [0.25, 0.3) is 10.9 Å². The summed E-state index contributed by atoms with van der Waals surface area (Å²) >= 11 is 0. The Labute approximate surface area is 123 Å². The van der Waals surface area contributed by atoms with Crippen LogP contribution in [-0.4, -0.2) is 10.1 Å². The second kappa shape index (κ2) is 4.71. The van der Waals surface area contributed by atoms with Gasteiger partial charge in [-0.1, -0.05) is 25.1 Å². The Balaban J connectivity index is 1.65. The Hall–Kier alpha value is -2.13. The highest BCUT2D eigenvalue weighted by Crippen LogP contribution is 2.47. The molecule has 1 aliphatic carbocycles. The third kappa shape index (κ3) is 2.24. The van der Waals surface area contributed by atoms with E-state index in [0.29, 0.717) is 17.6 Å². The molecule has 0 radical (unpaired) electrons. The number of hydrogen-bond donors (Lipinski definition) is 1. The summed E-state index contributed by atoms with van der Waals surface area (Å²) in [5, 5.41) is 11.5. The molecule has 3 nitrogen and oxygen atoms in total. The molecule has 0 saturated heterocycles. The van der Waals surface area contributed by atoms with Gasteiger partial charge in [0.05, 0.1) is 5.52 Å². The van der Waals surface area contributed by atoms with Crippen LogP contribution >= 0.6 is 0 Å². The van der Waals surface area contributed by atoms with Crippen molar-refractivity contribution < 1.29 is 9.52 Å². The van der Waals surface area contributed by atoms with Gasteiger partial charge in [0, 0.05) is 23.1 Å². The van der Waals surface area contributed by atoms with Crippen LogP contribution in [0.2, 0.25) is 0 Å². The van der Waals surface area contributed by atoms with Gasteiger partial charge in [-0.15, -0.1) is 0 Å². The molecule has 3 heteroatoms. The zero-order valence-corrected chi connectivity index (χ0v) is 11.9. The van der Waals surface area contributed by atoms with Crippen molar-refractivity contribution in [3.63, 3.8) is 0 Å². The first-order valence-electron chi connectivity index (χ1n) is 7.35. The number of hydrogen-bond acceptors (Lipinski definition) is 3. The van der Waals surface area contributed by atoms with Gasteiger partial charge in [-0.3, -0.25) is 4.98 Å². The Kier molecular flexibility index (Phi) is 2.82. The molecule has 106 valence electrons. The largest absolute Gasteiger partial charge is 0.463 e. The van der Waals surface area contributed by atoms with Gasteiger partial charge in [-0.05, 0) is 36.6 Å². The quantitative estimate of drug-likeness (QED) is 0.787. The van der Waals surface area contributed by atoms with E-state index in [0.717, 1.165) is 22.2 Å². The smallest absolute Gasteiger partial charge is 0.138 e. The fraction of sp³-hybridized carbons (Fsp3) is 0.278. The maximum Gasteiger partial charge on any atom is 0.138 e. The maximum absolute atomic E-state index is 10.5. The fourth-order valence-corrected chi connectivity index (χ4v) is 2.84. The summed E-state index contributed by atoms with van der Waals surface area (Å²) in [5.41, 5.74) is 1.69. The molecular weight excluding hydrogens is 262 g/mol. The highest BCUT2D eigenvalue weighted by molar-refractivity contribution is 5.78. The molecule has 1 aliphatic rings. The number of pyridine rings is 1. The lowest BCUT2D eigenvalue weighted by Crippen LogP contribution is -1.99. The van der Waals surface area contributed by atoms with E-state index in [2.05, 4.69) is 11.9 Å². The molecule has 0 spiro atoms. The van der Waals surface area contributed by atoms with Gasteiger partial charge in [0.15, 0.2) is 0 Å². The van der Waals surface area contributed by atoms with Crippen molar-refractivity contribution in [3.05, 3.63) is 65.7 Å².